The van der Waals surface area contributed by atoms with E-state index in [1.165, 1.54) is 0 Å². The number of aromatic nitrogens is 4. The van der Waals surface area contributed by atoms with Crippen molar-refractivity contribution in [1.82, 2.24) is 31.3 Å². The zero-order valence-corrected chi connectivity index (χ0v) is 8.44. The molecule has 82 valence electrons. The van der Waals surface area contributed by atoms with Crippen LogP contribution >= 0.6 is 0 Å². The van der Waals surface area contributed by atoms with E-state index >= 15 is 0 Å². The van der Waals surface area contributed by atoms with Gasteiger partial charge in [0.05, 0.1) is 6.54 Å². The summed E-state index contributed by atoms with van der Waals surface area (Å²) in [6.45, 7) is 3.56. The first-order valence-corrected chi connectivity index (χ1v) is 4.40. The summed E-state index contributed by atoms with van der Waals surface area (Å²) in [6, 6.07) is 0.0413. The van der Waals surface area contributed by atoms with Gasteiger partial charge in [-0.25, -0.2) is 0 Å². The van der Waals surface area contributed by atoms with Crippen molar-refractivity contribution in [2.24, 2.45) is 0 Å². The van der Waals surface area contributed by atoms with Crippen LogP contribution in [-0.4, -0.2) is 45.0 Å². The lowest BCUT2D eigenvalue weighted by Gasteiger charge is -2.07. The summed E-state index contributed by atoms with van der Waals surface area (Å²) in [5.41, 5.74) is 0. The second-order valence-electron chi connectivity index (χ2n) is 3.14. The topological polar surface area (TPSA) is 113 Å². The molecular weight excluding hydrogens is 200 g/mol. The molecule has 0 fully saturated rings. The number of nitrogens with zero attached hydrogens (tertiary/aromatic N) is 3. The number of aromatic amines is 1. The standard InChI is InChI=1S/C7H12N6O2/c1-4(2)9-5(14)3-8-7(15)6-10-12-13-11-6/h4H,3H2,1-2H3,(H,8,15)(H,9,14)(H,10,11,12,13). The molecule has 0 saturated carbocycles. The third kappa shape index (κ3) is 3.71. The van der Waals surface area contributed by atoms with Crippen LogP contribution in [-0.2, 0) is 4.79 Å². The van der Waals surface area contributed by atoms with Crippen LogP contribution in [0.1, 0.15) is 24.5 Å². The Hall–Kier alpha value is -1.99. The summed E-state index contributed by atoms with van der Waals surface area (Å²) in [5, 5.41) is 17.3. The molecule has 1 aromatic rings. The van der Waals surface area contributed by atoms with Gasteiger partial charge in [-0.1, -0.05) is 0 Å². The van der Waals surface area contributed by atoms with E-state index in [9.17, 15) is 9.59 Å². The lowest BCUT2D eigenvalue weighted by Crippen LogP contribution is -2.40. The number of carbonyl (C=O) groups is 2. The largest absolute Gasteiger partial charge is 0.352 e. The normalized spacial score (nSPS) is 10.1. The van der Waals surface area contributed by atoms with Crippen molar-refractivity contribution < 1.29 is 9.59 Å². The van der Waals surface area contributed by atoms with Crippen LogP contribution in [0.5, 0.6) is 0 Å². The summed E-state index contributed by atoms with van der Waals surface area (Å²) in [7, 11) is 0. The van der Waals surface area contributed by atoms with Crippen LogP contribution in [0, 0.1) is 0 Å². The highest BCUT2D eigenvalue weighted by molar-refractivity contribution is 5.93. The fourth-order valence-corrected chi connectivity index (χ4v) is 0.871. The fraction of sp³-hybridized carbons (Fsp3) is 0.571. The molecule has 15 heavy (non-hydrogen) atoms. The second-order valence-corrected chi connectivity index (χ2v) is 3.14. The predicted molar refractivity (Wildman–Crippen MR) is 49.8 cm³/mol. The maximum Gasteiger partial charge on any atom is 0.293 e. The molecule has 1 rings (SSSR count). The van der Waals surface area contributed by atoms with Gasteiger partial charge in [-0.3, -0.25) is 9.59 Å². The number of nitrogens with one attached hydrogen (secondary N) is 3. The molecule has 0 aliphatic carbocycles. The van der Waals surface area contributed by atoms with E-state index in [-0.39, 0.29) is 24.3 Å². The van der Waals surface area contributed by atoms with E-state index < -0.39 is 5.91 Å². The van der Waals surface area contributed by atoms with Crippen LogP contribution in [0.15, 0.2) is 0 Å². The molecule has 0 aromatic carbocycles. The van der Waals surface area contributed by atoms with Gasteiger partial charge in [0, 0.05) is 6.04 Å². The van der Waals surface area contributed by atoms with Crippen LogP contribution in [0.2, 0.25) is 0 Å². The molecule has 0 unspecified atom stereocenters. The lowest BCUT2D eigenvalue weighted by atomic mass is 10.4. The minimum Gasteiger partial charge on any atom is -0.352 e. The molecule has 3 N–H and O–H groups in total. The van der Waals surface area contributed by atoms with Gasteiger partial charge in [-0.15, -0.1) is 10.2 Å². The Morgan fingerprint density at radius 2 is 2.20 bits per heavy atom. The number of amides is 2. The predicted octanol–water partition coefficient (Wildman–Crippen LogP) is -1.55. The third-order valence-corrected chi connectivity index (χ3v) is 1.41. The Morgan fingerprint density at radius 1 is 1.47 bits per heavy atom. The zero-order chi connectivity index (χ0) is 11.3. The third-order valence-electron chi connectivity index (χ3n) is 1.41. The number of hydrogen-bond acceptors (Lipinski definition) is 5. The highest BCUT2D eigenvalue weighted by atomic mass is 16.2. The smallest absolute Gasteiger partial charge is 0.293 e. The first-order chi connectivity index (χ1) is 7.09. The highest BCUT2D eigenvalue weighted by Gasteiger charge is 2.11. The molecule has 0 aliphatic rings. The molecule has 1 heterocycles. The summed E-state index contributed by atoms with van der Waals surface area (Å²) < 4.78 is 0. The molecule has 0 saturated heterocycles. The van der Waals surface area contributed by atoms with Gasteiger partial charge < -0.3 is 10.6 Å². The molecule has 0 bridgehead atoms. The Bertz CT molecular complexity index is 333. The first-order valence-electron chi connectivity index (χ1n) is 4.40. The minimum atomic E-state index is -0.539. The van der Waals surface area contributed by atoms with Gasteiger partial charge in [0.25, 0.3) is 11.7 Å². The molecule has 8 nitrogen and oxygen atoms in total. The molecule has 0 aliphatic heterocycles. The van der Waals surface area contributed by atoms with E-state index in [4.69, 9.17) is 0 Å². The van der Waals surface area contributed by atoms with Gasteiger partial charge in [0.2, 0.25) is 5.91 Å². The number of tetrazole rings is 1. The van der Waals surface area contributed by atoms with Crippen LogP contribution in [0.3, 0.4) is 0 Å². The Balaban J connectivity index is 2.32. The average Bonchev–Trinajstić information content (AvgIpc) is 2.65. The Kier molecular flexibility index (Phi) is 3.72. The summed E-state index contributed by atoms with van der Waals surface area (Å²) in [4.78, 5) is 22.4. The zero-order valence-electron chi connectivity index (χ0n) is 8.44. The summed E-state index contributed by atoms with van der Waals surface area (Å²) >= 11 is 0. The van der Waals surface area contributed by atoms with Crippen LogP contribution < -0.4 is 10.6 Å². The summed E-state index contributed by atoms with van der Waals surface area (Å²) in [6.07, 6.45) is 0. The quantitative estimate of drug-likeness (QED) is 0.559. The molecule has 0 atom stereocenters. The van der Waals surface area contributed by atoms with E-state index in [1.807, 2.05) is 13.8 Å². The highest BCUT2D eigenvalue weighted by Crippen LogP contribution is 1.82. The van der Waals surface area contributed by atoms with Crippen LogP contribution in [0.25, 0.3) is 0 Å². The van der Waals surface area contributed by atoms with Crippen molar-refractivity contribution >= 4 is 11.8 Å². The van der Waals surface area contributed by atoms with Crippen molar-refractivity contribution in [3.63, 3.8) is 0 Å². The molecule has 0 spiro atoms. The minimum absolute atomic E-state index is 0.0413. The molecule has 2 amide bonds. The Labute approximate surface area is 85.8 Å². The number of hydrogen-bond donors (Lipinski definition) is 3. The Morgan fingerprint density at radius 3 is 2.73 bits per heavy atom. The van der Waals surface area contributed by atoms with Gasteiger partial charge in [-0.2, -0.15) is 5.21 Å². The lowest BCUT2D eigenvalue weighted by molar-refractivity contribution is -0.120. The first kappa shape index (κ1) is 11.1. The maximum atomic E-state index is 11.2. The molecular formula is C7H12N6O2. The maximum absolute atomic E-state index is 11.2. The van der Waals surface area contributed by atoms with Crippen molar-refractivity contribution in [2.75, 3.05) is 6.54 Å². The van der Waals surface area contributed by atoms with Gasteiger partial charge in [0.15, 0.2) is 0 Å². The van der Waals surface area contributed by atoms with Crippen LogP contribution in [0.4, 0.5) is 0 Å². The number of rotatable bonds is 4. The van der Waals surface area contributed by atoms with Crippen molar-refractivity contribution in [3.05, 3.63) is 5.82 Å². The van der Waals surface area contributed by atoms with E-state index in [1.54, 1.807) is 0 Å². The molecule has 0 radical (unpaired) electrons. The summed E-state index contributed by atoms with van der Waals surface area (Å²) in [5.74, 6) is -0.892. The van der Waals surface area contributed by atoms with Gasteiger partial charge >= 0.3 is 0 Å². The number of carbonyl (C=O) groups excluding carboxylic acids is 2. The second kappa shape index (κ2) is 5.03. The average molecular weight is 212 g/mol. The van der Waals surface area contributed by atoms with E-state index in [0.717, 1.165) is 0 Å². The van der Waals surface area contributed by atoms with Crippen molar-refractivity contribution in [1.29, 1.82) is 0 Å². The molecule has 1 aromatic heterocycles. The van der Waals surface area contributed by atoms with Crippen molar-refractivity contribution in [2.45, 2.75) is 19.9 Å². The number of H-pyrrole nitrogens is 1. The van der Waals surface area contributed by atoms with Crippen molar-refractivity contribution in [3.8, 4) is 0 Å². The molecule has 8 heteroatoms. The van der Waals surface area contributed by atoms with Gasteiger partial charge in [0.1, 0.15) is 0 Å². The van der Waals surface area contributed by atoms with E-state index in [0.29, 0.717) is 0 Å². The van der Waals surface area contributed by atoms with Gasteiger partial charge in [-0.05, 0) is 19.1 Å². The SMILES string of the molecule is CC(C)NC(=O)CNC(=O)c1nn[nH]n1. The van der Waals surface area contributed by atoms with E-state index in [2.05, 4.69) is 31.3 Å². The fourth-order valence-electron chi connectivity index (χ4n) is 0.871. The monoisotopic (exact) mass is 212 g/mol.